The lowest BCUT2D eigenvalue weighted by atomic mass is 10.3. The zero-order valence-electron chi connectivity index (χ0n) is 9.28. The van der Waals surface area contributed by atoms with Gasteiger partial charge in [-0.1, -0.05) is 22.0 Å². The van der Waals surface area contributed by atoms with Crippen LogP contribution in [-0.4, -0.2) is 17.9 Å². The third-order valence-corrected chi connectivity index (χ3v) is 2.29. The van der Waals surface area contributed by atoms with Gasteiger partial charge in [-0.25, -0.2) is 9.18 Å². The Kier molecular flexibility index (Phi) is 5.69. The second-order valence-corrected chi connectivity index (χ2v) is 3.62. The van der Waals surface area contributed by atoms with Gasteiger partial charge in [0, 0.05) is 6.07 Å². The molecule has 0 spiro atoms. The summed E-state index contributed by atoms with van der Waals surface area (Å²) in [7, 11) is 0. The minimum Gasteiger partial charge on any atom is -0.463 e. The van der Waals surface area contributed by atoms with Gasteiger partial charge in [-0.2, -0.15) is 0 Å². The van der Waals surface area contributed by atoms with Crippen LogP contribution < -0.4 is 4.74 Å². The summed E-state index contributed by atoms with van der Waals surface area (Å²) in [5, 5.41) is 0.336. The van der Waals surface area contributed by atoms with Crippen molar-refractivity contribution in [3.8, 4) is 5.75 Å². The molecule has 1 aromatic carbocycles. The summed E-state index contributed by atoms with van der Waals surface area (Å²) in [4.78, 5) is 11.2. The van der Waals surface area contributed by atoms with Crippen molar-refractivity contribution in [1.82, 2.24) is 0 Å². The molecule has 0 aliphatic heterocycles. The molecule has 0 heterocycles. The van der Waals surface area contributed by atoms with Crippen molar-refractivity contribution >= 4 is 21.9 Å². The Balaban J connectivity index is 2.73. The van der Waals surface area contributed by atoms with Crippen molar-refractivity contribution < 1.29 is 18.7 Å². The van der Waals surface area contributed by atoms with Crippen molar-refractivity contribution in [1.29, 1.82) is 0 Å². The summed E-state index contributed by atoms with van der Waals surface area (Å²) >= 11 is 3.18. The molecule has 0 bridgehead atoms. The molecule has 92 valence electrons. The van der Waals surface area contributed by atoms with Gasteiger partial charge >= 0.3 is 5.97 Å². The fourth-order valence-electron chi connectivity index (χ4n) is 1.09. The Labute approximate surface area is 107 Å². The lowest BCUT2D eigenvalue weighted by molar-refractivity contribution is -0.137. The van der Waals surface area contributed by atoms with Gasteiger partial charge in [-0.3, -0.25) is 0 Å². The number of ether oxygens (including phenoxy) is 2. The monoisotopic (exact) mass is 302 g/mol. The summed E-state index contributed by atoms with van der Waals surface area (Å²) < 4.78 is 23.0. The third kappa shape index (κ3) is 4.99. The van der Waals surface area contributed by atoms with Crippen LogP contribution in [0.3, 0.4) is 0 Å². The highest BCUT2D eigenvalue weighted by Gasteiger charge is 2.05. The summed E-state index contributed by atoms with van der Waals surface area (Å²) in [5.74, 6) is -0.194. The van der Waals surface area contributed by atoms with Crippen LogP contribution in [0, 0.1) is 5.82 Å². The van der Waals surface area contributed by atoms with Crippen LogP contribution in [0.25, 0.3) is 0 Å². The number of hydrogen-bond donors (Lipinski definition) is 0. The molecule has 0 aliphatic rings. The van der Waals surface area contributed by atoms with Crippen molar-refractivity contribution in [2.75, 3.05) is 11.9 Å². The fourth-order valence-corrected chi connectivity index (χ4v) is 1.37. The Bertz CT molecular complexity index is 418. The van der Waals surface area contributed by atoms with E-state index in [0.29, 0.717) is 23.4 Å². The lowest BCUT2D eigenvalue weighted by Gasteiger charge is -2.07. The first-order chi connectivity index (χ1) is 8.15. The number of hydrogen-bond acceptors (Lipinski definition) is 3. The molecule has 0 fully saturated rings. The maximum absolute atomic E-state index is 12.9. The van der Waals surface area contributed by atoms with Crippen molar-refractivity contribution in [2.45, 2.75) is 6.92 Å². The number of alkyl halides is 1. The smallest absolute Gasteiger partial charge is 0.334 e. The van der Waals surface area contributed by atoms with Gasteiger partial charge in [-0.05, 0) is 19.1 Å². The molecule has 0 N–H and O–H groups in total. The van der Waals surface area contributed by atoms with Gasteiger partial charge in [-0.15, -0.1) is 0 Å². The number of halogens is 2. The van der Waals surface area contributed by atoms with Crippen molar-refractivity contribution in [3.05, 3.63) is 41.9 Å². The molecule has 0 radical (unpaired) electrons. The first kappa shape index (κ1) is 13.7. The maximum atomic E-state index is 12.9. The number of esters is 1. The van der Waals surface area contributed by atoms with Crippen molar-refractivity contribution in [2.24, 2.45) is 0 Å². The number of carbonyl (C=O) groups is 1. The zero-order valence-corrected chi connectivity index (χ0v) is 10.9. The lowest BCUT2D eigenvalue weighted by Crippen LogP contribution is -2.05. The van der Waals surface area contributed by atoms with Crippen LogP contribution in [-0.2, 0) is 9.53 Å². The molecule has 0 aliphatic carbocycles. The van der Waals surface area contributed by atoms with E-state index in [1.165, 1.54) is 24.3 Å². The van der Waals surface area contributed by atoms with Gasteiger partial charge < -0.3 is 9.47 Å². The first-order valence-corrected chi connectivity index (χ1v) is 6.14. The second kappa shape index (κ2) is 7.06. The Hall–Kier alpha value is -1.36. The van der Waals surface area contributed by atoms with E-state index in [2.05, 4.69) is 15.9 Å². The van der Waals surface area contributed by atoms with Crippen LogP contribution in [0.15, 0.2) is 36.1 Å². The van der Waals surface area contributed by atoms with Gasteiger partial charge in [0.25, 0.3) is 0 Å². The predicted octanol–water partition coefficient (Wildman–Crippen LogP) is 3.05. The van der Waals surface area contributed by atoms with E-state index in [-0.39, 0.29) is 0 Å². The van der Waals surface area contributed by atoms with Gasteiger partial charge in [0.2, 0.25) is 0 Å². The highest BCUT2D eigenvalue weighted by Crippen LogP contribution is 2.16. The van der Waals surface area contributed by atoms with E-state index in [9.17, 15) is 9.18 Å². The zero-order chi connectivity index (χ0) is 12.7. The average molecular weight is 303 g/mol. The third-order valence-electron chi connectivity index (χ3n) is 1.74. The Morgan fingerprint density at radius 1 is 1.53 bits per heavy atom. The molecule has 0 saturated heterocycles. The van der Waals surface area contributed by atoms with Crippen LogP contribution in [0.5, 0.6) is 5.75 Å². The van der Waals surface area contributed by atoms with Gasteiger partial charge in [0.15, 0.2) is 0 Å². The van der Waals surface area contributed by atoms with Crippen LogP contribution in [0.2, 0.25) is 0 Å². The summed E-state index contributed by atoms with van der Waals surface area (Å²) in [6.45, 7) is 2.01. The van der Waals surface area contributed by atoms with E-state index in [0.717, 1.165) is 0 Å². The largest absolute Gasteiger partial charge is 0.463 e. The molecule has 1 rings (SSSR count). The van der Waals surface area contributed by atoms with Crippen molar-refractivity contribution in [3.63, 3.8) is 0 Å². The molecule has 5 heteroatoms. The summed E-state index contributed by atoms with van der Waals surface area (Å²) in [6.07, 6.45) is 1.23. The predicted molar refractivity (Wildman–Crippen MR) is 65.5 cm³/mol. The van der Waals surface area contributed by atoms with Crippen LogP contribution in [0.4, 0.5) is 4.39 Å². The maximum Gasteiger partial charge on any atom is 0.334 e. The van der Waals surface area contributed by atoms with E-state index in [4.69, 9.17) is 9.47 Å². The van der Waals surface area contributed by atoms with Crippen LogP contribution >= 0.6 is 15.9 Å². The fraction of sp³-hybridized carbons (Fsp3) is 0.250. The number of rotatable bonds is 5. The minimum absolute atomic E-state index is 0.296. The molecular weight excluding hydrogens is 291 g/mol. The normalized spacial score (nSPS) is 11.1. The minimum atomic E-state index is -0.488. The molecule has 0 saturated carbocycles. The summed E-state index contributed by atoms with van der Waals surface area (Å²) in [6, 6.07) is 5.68. The van der Waals surface area contributed by atoms with E-state index in [1.807, 2.05) is 0 Å². The highest BCUT2D eigenvalue weighted by molar-refractivity contribution is 9.09. The van der Waals surface area contributed by atoms with Gasteiger partial charge in [0.05, 0.1) is 18.0 Å². The standard InChI is InChI=1S/C12H12BrFO3/c1-2-16-12(15)7-11(8-13)17-10-5-3-4-9(14)6-10/h3-7H,2,8H2,1H3/b11-7-. The Morgan fingerprint density at radius 2 is 2.29 bits per heavy atom. The summed E-state index contributed by atoms with van der Waals surface area (Å²) in [5.41, 5.74) is 0. The number of carbonyl (C=O) groups excluding carboxylic acids is 1. The van der Waals surface area contributed by atoms with Gasteiger partial charge in [0.1, 0.15) is 17.3 Å². The molecule has 1 aromatic rings. The molecule has 0 unspecified atom stereocenters. The van der Waals surface area contributed by atoms with E-state index >= 15 is 0 Å². The number of allylic oxidation sites excluding steroid dienone is 1. The number of benzene rings is 1. The molecule has 0 atom stereocenters. The van der Waals surface area contributed by atoms with E-state index < -0.39 is 11.8 Å². The molecular formula is C12H12BrFO3. The molecule has 0 aromatic heterocycles. The Morgan fingerprint density at radius 3 is 2.88 bits per heavy atom. The quantitative estimate of drug-likeness (QED) is 0.363. The van der Waals surface area contributed by atoms with Crippen LogP contribution in [0.1, 0.15) is 6.92 Å². The second-order valence-electron chi connectivity index (χ2n) is 3.06. The average Bonchev–Trinajstić information content (AvgIpc) is 2.28. The topological polar surface area (TPSA) is 35.5 Å². The molecule has 3 nitrogen and oxygen atoms in total. The van der Waals surface area contributed by atoms with E-state index in [1.54, 1.807) is 13.0 Å². The molecule has 17 heavy (non-hydrogen) atoms. The highest BCUT2D eigenvalue weighted by atomic mass is 79.9. The first-order valence-electron chi connectivity index (χ1n) is 5.02. The molecule has 0 amide bonds. The SMILES string of the molecule is CCOC(=O)/C=C(/CBr)Oc1cccc(F)c1.